The van der Waals surface area contributed by atoms with Crippen LogP contribution in [-0.4, -0.2) is 96.7 Å². The number of esters is 4. The van der Waals surface area contributed by atoms with E-state index in [1.165, 1.54) is 238 Å². The van der Waals surface area contributed by atoms with Crippen molar-refractivity contribution in [2.75, 3.05) is 39.6 Å². The highest BCUT2D eigenvalue weighted by Gasteiger charge is 2.30. The SMILES string of the molecule is CCCCCCCCCCCCCCCCCCCCC(=O)OC[C@H](COP(=O)(O)OC[C@@H](O)COP(=O)(O)OC[C@@H](COC(=O)CCCCCCCCC(C)CC)OC(=O)CCCCCCCCCCC(C)CC)OC(=O)CCCCCCCCCCCCCCCCCCCCC(C)CC. The molecule has 17 nitrogen and oxygen atoms in total. The molecule has 3 N–H and O–H groups in total. The van der Waals surface area contributed by atoms with Crippen LogP contribution in [0.15, 0.2) is 0 Å². The van der Waals surface area contributed by atoms with Crippen LogP contribution in [0.4, 0.5) is 0 Å². The zero-order valence-electron chi connectivity index (χ0n) is 67.1. The van der Waals surface area contributed by atoms with E-state index in [4.69, 9.17) is 37.0 Å². The molecule has 0 aliphatic carbocycles. The fourth-order valence-electron chi connectivity index (χ4n) is 12.7. The van der Waals surface area contributed by atoms with Crippen molar-refractivity contribution in [1.82, 2.24) is 0 Å². The molecule has 0 radical (unpaired) electrons. The molecule has 0 aliphatic heterocycles. The van der Waals surface area contributed by atoms with Gasteiger partial charge in [0.25, 0.3) is 0 Å². The van der Waals surface area contributed by atoms with Crippen molar-refractivity contribution in [2.45, 2.75) is 452 Å². The van der Waals surface area contributed by atoms with Crippen LogP contribution in [0.1, 0.15) is 434 Å². The Labute approximate surface area is 626 Å². The van der Waals surface area contributed by atoms with Crippen molar-refractivity contribution >= 4 is 39.5 Å². The molecule has 0 saturated carbocycles. The fourth-order valence-corrected chi connectivity index (χ4v) is 14.3. The fraction of sp³-hybridized carbons (Fsp3) is 0.952. The van der Waals surface area contributed by atoms with E-state index in [2.05, 4.69) is 48.5 Å². The average Bonchev–Trinajstić information content (AvgIpc) is 0.919. The Balaban J connectivity index is 5.22. The quantitative estimate of drug-likeness (QED) is 0.0222. The predicted octanol–water partition coefficient (Wildman–Crippen LogP) is 24.9. The zero-order valence-corrected chi connectivity index (χ0v) is 68.9. The number of hydrogen-bond acceptors (Lipinski definition) is 15. The smallest absolute Gasteiger partial charge is 0.462 e. The number of carbonyl (C=O) groups is 4. The van der Waals surface area contributed by atoms with Crippen LogP contribution in [0.2, 0.25) is 0 Å². The summed E-state index contributed by atoms with van der Waals surface area (Å²) in [4.78, 5) is 73.1. The Morgan fingerprint density at radius 1 is 0.275 bits per heavy atom. The minimum atomic E-state index is -4.96. The average molecular weight is 1490 g/mol. The minimum absolute atomic E-state index is 0.104. The van der Waals surface area contributed by atoms with Crippen molar-refractivity contribution in [3.8, 4) is 0 Å². The molecule has 0 heterocycles. The molecular formula is C83H162O17P2. The normalized spacial score (nSPS) is 14.7. The molecule has 0 aromatic carbocycles. The van der Waals surface area contributed by atoms with Gasteiger partial charge in [0.05, 0.1) is 26.4 Å². The van der Waals surface area contributed by atoms with Crippen LogP contribution >= 0.6 is 15.6 Å². The van der Waals surface area contributed by atoms with Crippen molar-refractivity contribution < 1.29 is 80.2 Å². The van der Waals surface area contributed by atoms with E-state index in [9.17, 15) is 43.2 Å². The van der Waals surface area contributed by atoms with Crippen molar-refractivity contribution in [3.05, 3.63) is 0 Å². The van der Waals surface area contributed by atoms with Crippen LogP contribution in [0.5, 0.6) is 0 Å². The van der Waals surface area contributed by atoms with Crippen LogP contribution in [0.25, 0.3) is 0 Å². The zero-order chi connectivity index (χ0) is 75.1. The monoisotopic (exact) mass is 1490 g/mol. The molecule has 0 saturated heterocycles. The van der Waals surface area contributed by atoms with E-state index < -0.39 is 97.5 Å². The lowest BCUT2D eigenvalue weighted by Crippen LogP contribution is -2.30. The molecule has 0 amide bonds. The van der Waals surface area contributed by atoms with E-state index in [0.717, 1.165) is 114 Å². The summed E-state index contributed by atoms with van der Waals surface area (Å²) < 4.78 is 68.7. The molecule has 0 aliphatic rings. The lowest BCUT2D eigenvalue weighted by molar-refractivity contribution is -0.161. The van der Waals surface area contributed by atoms with E-state index in [1.54, 1.807) is 0 Å². The summed E-state index contributed by atoms with van der Waals surface area (Å²) in [5, 5.41) is 10.6. The second-order valence-corrected chi connectivity index (χ2v) is 33.5. The number of rotatable bonds is 81. The maximum atomic E-state index is 13.1. The van der Waals surface area contributed by atoms with Crippen molar-refractivity contribution in [1.29, 1.82) is 0 Å². The topological polar surface area (TPSA) is 237 Å². The molecule has 0 fully saturated rings. The van der Waals surface area contributed by atoms with Gasteiger partial charge in [-0.25, -0.2) is 9.13 Å². The van der Waals surface area contributed by atoms with E-state index in [-0.39, 0.29) is 25.7 Å². The number of phosphoric ester groups is 2. The highest BCUT2D eigenvalue weighted by molar-refractivity contribution is 7.47. The molecule has 0 spiro atoms. The van der Waals surface area contributed by atoms with E-state index in [0.29, 0.717) is 25.7 Å². The predicted molar refractivity (Wildman–Crippen MR) is 418 cm³/mol. The summed E-state index contributed by atoms with van der Waals surface area (Å²) in [5.41, 5.74) is 0. The highest BCUT2D eigenvalue weighted by Crippen LogP contribution is 2.45. The Hall–Kier alpha value is -1.94. The van der Waals surface area contributed by atoms with Crippen LogP contribution in [0.3, 0.4) is 0 Å². The number of hydrogen-bond donors (Lipinski definition) is 3. The van der Waals surface area contributed by atoms with Crippen molar-refractivity contribution in [2.24, 2.45) is 17.8 Å². The first-order valence-electron chi connectivity index (χ1n) is 43.0. The second-order valence-electron chi connectivity index (χ2n) is 30.6. The third-order valence-electron chi connectivity index (χ3n) is 20.5. The molecular weight excluding hydrogens is 1330 g/mol. The van der Waals surface area contributed by atoms with E-state index >= 15 is 0 Å². The van der Waals surface area contributed by atoms with Crippen LogP contribution in [0, 0.1) is 17.8 Å². The molecule has 5 unspecified atom stereocenters. The highest BCUT2D eigenvalue weighted by atomic mass is 31.2. The first-order valence-corrected chi connectivity index (χ1v) is 46.0. The summed E-state index contributed by atoms with van der Waals surface area (Å²) in [5.74, 6) is 0.259. The summed E-state index contributed by atoms with van der Waals surface area (Å²) in [6, 6.07) is 0. The van der Waals surface area contributed by atoms with Gasteiger partial charge in [-0.3, -0.25) is 37.3 Å². The van der Waals surface area contributed by atoms with Gasteiger partial charge < -0.3 is 33.8 Å². The maximum absolute atomic E-state index is 13.1. The third kappa shape index (κ3) is 72.3. The molecule has 0 bridgehead atoms. The summed E-state index contributed by atoms with van der Waals surface area (Å²) in [7, 11) is -9.92. The van der Waals surface area contributed by atoms with Gasteiger partial charge in [0, 0.05) is 25.7 Å². The van der Waals surface area contributed by atoms with Gasteiger partial charge in [-0.05, 0) is 43.4 Å². The largest absolute Gasteiger partial charge is 0.472 e. The minimum Gasteiger partial charge on any atom is -0.462 e. The van der Waals surface area contributed by atoms with Gasteiger partial charge in [0.15, 0.2) is 12.2 Å². The van der Waals surface area contributed by atoms with Crippen LogP contribution < -0.4 is 0 Å². The molecule has 0 aromatic heterocycles. The van der Waals surface area contributed by atoms with Gasteiger partial charge in [-0.15, -0.1) is 0 Å². The van der Waals surface area contributed by atoms with Gasteiger partial charge in [0.1, 0.15) is 19.3 Å². The molecule has 0 aromatic rings. The maximum Gasteiger partial charge on any atom is 0.472 e. The number of unbranched alkanes of at least 4 members (excludes halogenated alkanes) is 46. The summed E-state index contributed by atoms with van der Waals surface area (Å²) in [6.07, 6.45) is 62.5. The van der Waals surface area contributed by atoms with Gasteiger partial charge in [-0.2, -0.15) is 0 Å². The first kappa shape index (κ1) is 100. The standard InChI is InChI=1S/C83H162O17P2/c1-8-12-13-14-15-16-17-18-19-20-24-27-30-33-36-42-50-57-64-80(85)93-70-78(99-82(87)66-59-52-43-37-34-31-28-25-22-21-23-26-29-32-35-40-47-54-61-74(5)9-2)72-97-101(89,90)95-68-77(84)69-96-102(91,92)98-73-79(71-94-81(86)65-58-51-46-45-49-56-63-76(7)11-4)100-83(88)67-60-53-44-39-38-41-48-55-62-75(6)10-3/h74-79,84H,8-73H2,1-7H3,(H,89,90)(H,91,92)/t74?,75?,76?,77-,78-,79-/m1/s1. The van der Waals surface area contributed by atoms with Gasteiger partial charge in [0.2, 0.25) is 0 Å². The second kappa shape index (κ2) is 73.2. The number of aliphatic hydroxyl groups is 1. The summed E-state index contributed by atoms with van der Waals surface area (Å²) >= 11 is 0. The Morgan fingerprint density at radius 3 is 0.696 bits per heavy atom. The Morgan fingerprint density at radius 2 is 0.471 bits per heavy atom. The molecule has 19 heteroatoms. The first-order chi connectivity index (χ1) is 49.3. The Kier molecular flexibility index (Phi) is 71.8. The molecule has 8 atom stereocenters. The number of ether oxygens (including phenoxy) is 4. The number of aliphatic hydroxyl groups excluding tert-OH is 1. The van der Waals surface area contributed by atoms with Gasteiger partial charge >= 0.3 is 39.5 Å². The summed E-state index contributed by atoms with van der Waals surface area (Å²) in [6.45, 7) is 12.0. The molecule has 606 valence electrons. The Bertz CT molecular complexity index is 1980. The van der Waals surface area contributed by atoms with Crippen LogP contribution in [-0.2, 0) is 65.4 Å². The molecule has 0 rings (SSSR count). The van der Waals surface area contributed by atoms with Crippen molar-refractivity contribution in [3.63, 3.8) is 0 Å². The lowest BCUT2D eigenvalue weighted by atomic mass is 9.99. The number of carbonyl (C=O) groups excluding carboxylic acids is 4. The van der Waals surface area contributed by atoms with Gasteiger partial charge in [-0.1, -0.05) is 382 Å². The number of phosphoric acid groups is 2. The molecule has 102 heavy (non-hydrogen) atoms. The van der Waals surface area contributed by atoms with E-state index in [1.807, 2.05) is 0 Å². The third-order valence-corrected chi connectivity index (χ3v) is 22.4. The lowest BCUT2D eigenvalue weighted by Gasteiger charge is -2.21.